The molecule has 1 fully saturated rings. The smallest absolute Gasteiger partial charge is 0.0911 e. The van der Waals surface area contributed by atoms with E-state index in [0.29, 0.717) is 11.3 Å². The van der Waals surface area contributed by atoms with Crippen LogP contribution in [0.1, 0.15) is 19.3 Å². The summed E-state index contributed by atoms with van der Waals surface area (Å²) >= 11 is 1.86. The van der Waals surface area contributed by atoms with Gasteiger partial charge in [-0.05, 0) is 30.3 Å². The predicted molar refractivity (Wildman–Crippen MR) is 46.6 cm³/mol. The van der Waals surface area contributed by atoms with Crippen LogP contribution in [-0.2, 0) is 0 Å². The fourth-order valence-corrected chi connectivity index (χ4v) is 2.26. The molecule has 0 bridgehead atoms. The van der Waals surface area contributed by atoms with Gasteiger partial charge in [0.05, 0.1) is 5.84 Å². The quantitative estimate of drug-likeness (QED) is 0.480. The maximum absolute atomic E-state index is 7.14. The summed E-state index contributed by atoms with van der Waals surface area (Å²) in [4.78, 5) is 0. The summed E-state index contributed by atoms with van der Waals surface area (Å²) < 4.78 is 0. The Morgan fingerprint density at radius 1 is 1.70 bits per heavy atom. The molecule has 3 N–H and O–H groups in total. The Kier molecular flexibility index (Phi) is 2.24. The third kappa shape index (κ3) is 1.90. The minimum Gasteiger partial charge on any atom is -0.388 e. The molecular formula is C7H14N2S. The molecule has 1 aliphatic rings. The van der Waals surface area contributed by atoms with Crippen LogP contribution in [0.2, 0.25) is 0 Å². The molecule has 1 rings (SSSR count). The van der Waals surface area contributed by atoms with Crippen LogP contribution in [-0.4, -0.2) is 17.8 Å². The summed E-state index contributed by atoms with van der Waals surface area (Å²) in [6.07, 6.45) is 5.47. The van der Waals surface area contributed by atoms with E-state index < -0.39 is 0 Å². The first-order chi connectivity index (χ1) is 4.68. The molecule has 3 heteroatoms. The van der Waals surface area contributed by atoms with Crippen molar-refractivity contribution in [1.82, 2.24) is 0 Å². The highest BCUT2D eigenvalue weighted by molar-refractivity contribution is 7.98. The number of nitrogens with two attached hydrogens (primary N) is 1. The second kappa shape index (κ2) is 2.82. The summed E-state index contributed by atoms with van der Waals surface area (Å²) in [7, 11) is 0. The zero-order valence-corrected chi connectivity index (χ0v) is 7.13. The molecule has 0 aliphatic heterocycles. The summed E-state index contributed by atoms with van der Waals surface area (Å²) in [5.74, 6) is 1.53. The predicted octanol–water partition coefficient (Wildman–Crippen LogP) is 1.46. The number of thioether (sulfide) groups is 1. The van der Waals surface area contributed by atoms with Crippen LogP contribution in [0, 0.1) is 10.8 Å². The van der Waals surface area contributed by atoms with Gasteiger partial charge in [-0.15, -0.1) is 0 Å². The summed E-state index contributed by atoms with van der Waals surface area (Å²) in [6, 6.07) is 0. The standard InChI is InChI=1S/C7H14N2S/c1-10-5-7(2-3-7)4-6(8)9/h2-5H2,1H3,(H3,8,9). The minimum atomic E-state index is 0.353. The number of hydrogen-bond acceptors (Lipinski definition) is 2. The maximum atomic E-state index is 7.14. The van der Waals surface area contributed by atoms with Gasteiger partial charge in [-0.2, -0.15) is 11.8 Å². The average Bonchev–Trinajstić information content (AvgIpc) is 2.47. The van der Waals surface area contributed by atoms with Gasteiger partial charge in [0.1, 0.15) is 0 Å². The lowest BCUT2D eigenvalue weighted by molar-refractivity contribution is 0.612. The van der Waals surface area contributed by atoms with Crippen LogP contribution in [0.5, 0.6) is 0 Å². The van der Waals surface area contributed by atoms with E-state index in [1.54, 1.807) is 0 Å². The molecule has 58 valence electrons. The van der Waals surface area contributed by atoms with E-state index in [9.17, 15) is 0 Å². The van der Waals surface area contributed by atoms with Crippen molar-refractivity contribution in [2.75, 3.05) is 12.0 Å². The summed E-state index contributed by atoms with van der Waals surface area (Å²) in [5, 5.41) is 7.14. The number of rotatable bonds is 4. The lowest BCUT2D eigenvalue weighted by Gasteiger charge is -2.10. The topological polar surface area (TPSA) is 49.9 Å². The van der Waals surface area contributed by atoms with Crippen molar-refractivity contribution in [3.8, 4) is 0 Å². The molecule has 10 heavy (non-hydrogen) atoms. The summed E-state index contributed by atoms with van der Waals surface area (Å²) in [5.41, 5.74) is 5.76. The number of amidine groups is 1. The maximum Gasteiger partial charge on any atom is 0.0911 e. The van der Waals surface area contributed by atoms with Crippen LogP contribution in [0.15, 0.2) is 0 Å². The highest BCUT2D eigenvalue weighted by Crippen LogP contribution is 2.50. The van der Waals surface area contributed by atoms with Gasteiger partial charge in [0, 0.05) is 6.42 Å². The molecule has 0 aromatic carbocycles. The average molecular weight is 158 g/mol. The van der Waals surface area contributed by atoms with Crippen molar-refractivity contribution >= 4 is 17.6 Å². The van der Waals surface area contributed by atoms with Gasteiger partial charge in [0.15, 0.2) is 0 Å². The van der Waals surface area contributed by atoms with E-state index in [0.717, 1.165) is 6.42 Å². The molecule has 0 saturated heterocycles. The molecule has 1 saturated carbocycles. The lowest BCUT2D eigenvalue weighted by atomic mass is 10.1. The van der Waals surface area contributed by atoms with Gasteiger partial charge < -0.3 is 5.73 Å². The first-order valence-corrected chi connectivity index (χ1v) is 4.90. The van der Waals surface area contributed by atoms with E-state index in [1.165, 1.54) is 18.6 Å². The zero-order valence-electron chi connectivity index (χ0n) is 6.31. The Labute approximate surface area is 66.1 Å². The van der Waals surface area contributed by atoms with Gasteiger partial charge >= 0.3 is 0 Å². The molecule has 0 unspecified atom stereocenters. The monoisotopic (exact) mass is 158 g/mol. The molecule has 0 aromatic rings. The van der Waals surface area contributed by atoms with Crippen LogP contribution in [0.4, 0.5) is 0 Å². The molecule has 0 radical (unpaired) electrons. The summed E-state index contributed by atoms with van der Waals surface area (Å²) in [6.45, 7) is 0. The van der Waals surface area contributed by atoms with Gasteiger partial charge in [0.2, 0.25) is 0 Å². The van der Waals surface area contributed by atoms with Crippen molar-refractivity contribution in [3.63, 3.8) is 0 Å². The normalized spacial score (nSPS) is 20.5. The zero-order chi connectivity index (χ0) is 7.61. The fourth-order valence-electron chi connectivity index (χ4n) is 1.26. The van der Waals surface area contributed by atoms with E-state index in [1.807, 2.05) is 11.8 Å². The molecule has 0 spiro atoms. The van der Waals surface area contributed by atoms with Crippen LogP contribution >= 0.6 is 11.8 Å². The van der Waals surface area contributed by atoms with E-state index in [4.69, 9.17) is 11.1 Å². The van der Waals surface area contributed by atoms with Crippen LogP contribution in [0.25, 0.3) is 0 Å². The minimum absolute atomic E-state index is 0.353. The third-order valence-corrected chi connectivity index (χ3v) is 2.87. The first kappa shape index (κ1) is 7.92. The Hall–Kier alpha value is -0.180. The van der Waals surface area contributed by atoms with Gasteiger partial charge in [-0.25, -0.2) is 0 Å². The van der Waals surface area contributed by atoms with Crippen LogP contribution < -0.4 is 5.73 Å². The first-order valence-electron chi connectivity index (χ1n) is 3.50. The van der Waals surface area contributed by atoms with Gasteiger partial charge in [-0.3, -0.25) is 5.41 Å². The van der Waals surface area contributed by atoms with E-state index in [-0.39, 0.29) is 0 Å². The SMILES string of the molecule is CSCC1(CC(=N)N)CC1. The number of nitrogens with one attached hydrogen (secondary N) is 1. The molecule has 0 atom stereocenters. The molecule has 0 heterocycles. The molecule has 2 nitrogen and oxygen atoms in total. The highest BCUT2D eigenvalue weighted by atomic mass is 32.2. The second-order valence-electron chi connectivity index (χ2n) is 3.14. The van der Waals surface area contributed by atoms with Gasteiger partial charge in [-0.1, -0.05) is 0 Å². The van der Waals surface area contributed by atoms with Crippen molar-refractivity contribution in [2.24, 2.45) is 11.1 Å². The van der Waals surface area contributed by atoms with E-state index >= 15 is 0 Å². The Balaban J connectivity index is 2.30. The Bertz CT molecular complexity index is 141. The second-order valence-corrected chi connectivity index (χ2v) is 4.00. The van der Waals surface area contributed by atoms with Crippen molar-refractivity contribution in [3.05, 3.63) is 0 Å². The highest BCUT2D eigenvalue weighted by Gasteiger charge is 2.42. The lowest BCUT2D eigenvalue weighted by Crippen LogP contribution is -2.17. The fraction of sp³-hybridized carbons (Fsp3) is 0.857. The third-order valence-electron chi connectivity index (χ3n) is 1.97. The molecule has 0 aromatic heterocycles. The molecular weight excluding hydrogens is 144 g/mol. The van der Waals surface area contributed by atoms with Crippen molar-refractivity contribution < 1.29 is 0 Å². The number of hydrogen-bond donors (Lipinski definition) is 2. The Morgan fingerprint density at radius 2 is 2.30 bits per heavy atom. The van der Waals surface area contributed by atoms with Crippen molar-refractivity contribution in [2.45, 2.75) is 19.3 Å². The largest absolute Gasteiger partial charge is 0.388 e. The van der Waals surface area contributed by atoms with Crippen LogP contribution in [0.3, 0.4) is 0 Å². The van der Waals surface area contributed by atoms with E-state index in [2.05, 4.69) is 6.26 Å². The molecule has 1 aliphatic carbocycles. The van der Waals surface area contributed by atoms with Gasteiger partial charge in [0.25, 0.3) is 0 Å². The molecule has 0 amide bonds. The Morgan fingerprint density at radius 3 is 2.60 bits per heavy atom. The van der Waals surface area contributed by atoms with Crippen molar-refractivity contribution in [1.29, 1.82) is 5.41 Å².